The summed E-state index contributed by atoms with van der Waals surface area (Å²) < 4.78 is 9.71. The van der Waals surface area contributed by atoms with Gasteiger partial charge in [-0.15, -0.1) is 6.42 Å². The Kier molecular flexibility index (Phi) is 4.23. The first-order chi connectivity index (χ1) is 8.13. The number of rotatable bonds is 4. The third-order valence-electron chi connectivity index (χ3n) is 2.16. The van der Waals surface area contributed by atoms with Gasteiger partial charge in [0.2, 0.25) is 0 Å². The summed E-state index contributed by atoms with van der Waals surface area (Å²) in [7, 11) is 2.78. The monoisotopic (exact) mass is 234 g/mol. The molecule has 5 heteroatoms. The van der Waals surface area contributed by atoms with Crippen molar-refractivity contribution in [3.8, 4) is 18.1 Å². The van der Waals surface area contributed by atoms with Gasteiger partial charge in [-0.25, -0.2) is 4.79 Å². The van der Waals surface area contributed by atoms with Crippen LogP contribution in [-0.2, 0) is 4.74 Å². The summed E-state index contributed by atoms with van der Waals surface area (Å²) in [4.78, 5) is 11.4. The Labute approximate surface area is 99.9 Å². The van der Waals surface area contributed by atoms with E-state index in [2.05, 4.69) is 16.0 Å². The minimum Gasteiger partial charge on any atom is -0.494 e. The SMILES string of the molecule is C#CCNc1cc(C(=O)OC)cc(OC)c1N. The molecule has 0 fully saturated rings. The lowest BCUT2D eigenvalue weighted by Gasteiger charge is -2.12. The quantitative estimate of drug-likeness (QED) is 0.464. The molecule has 0 unspecified atom stereocenters. The molecule has 3 N–H and O–H groups in total. The number of terminal acetylenes is 1. The number of anilines is 2. The van der Waals surface area contributed by atoms with Gasteiger partial charge in [0, 0.05) is 0 Å². The summed E-state index contributed by atoms with van der Waals surface area (Å²) in [5.74, 6) is 2.35. The Morgan fingerprint density at radius 3 is 2.76 bits per heavy atom. The average Bonchev–Trinajstić information content (AvgIpc) is 2.36. The summed E-state index contributed by atoms with van der Waals surface area (Å²) >= 11 is 0. The van der Waals surface area contributed by atoms with E-state index >= 15 is 0 Å². The van der Waals surface area contributed by atoms with Crippen LogP contribution < -0.4 is 15.8 Å². The fourth-order valence-electron chi connectivity index (χ4n) is 1.32. The first-order valence-electron chi connectivity index (χ1n) is 4.87. The highest BCUT2D eigenvalue weighted by atomic mass is 16.5. The van der Waals surface area contributed by atoms with Crippen LogP contribution in [0.4, 0.5) is 11.4 Å². The summed E-state index contributed by atoms with van der Waals surface area (Å²) in [5, 5.41) is 2.91. The van der Waals surface area contributed by atoms with E-state index in [1.54, 1.807) is 6.07 Å². The summed E-state index contributed by atoms with van der Waals surface area (Å²) in [5.41, 5.74) is 7.13. The first kappa shape index (κ1) is 12.7. The number of benzene rings is 1. The van der Waals surface area contributed by atoms with Gasteiger partial charge in [-0.3, -0.25) is 0 Å². The molecule has 0 saturated heterocycles. The van der Waals surface area contributed by atoms with E-state index in [0.29, 0.717) is 29.2 Å². The number of methoxy groups -OCH3 is 2. The maximum atomic E-state index is 11.4. The van der Waals surface area contributed by atoms with Gasteiger partial charge >= 0.3 is 5.97 Å². The number of nitrogens with one attached hydrogen (secondary N) is 1. The number of esters is 1. The molecule has 0 bridgehead atoms. The number of hydrogen-bond donors (Lipinski definition) is 2. The van der Waals surface area contributed by atoms with Gasteiger partial charge in [0.15, 0.2) is 0 Å². The summed E-state index contributed by atoms with van der Waals surface area (Å²) in [6.07, 6.45) is 5.14. The highest BCUT2D eigenvalue weighted by Gasteiger charge is 2.13. The second-order valence-corrected chi connectivity index (χ2v) is 3.19. The molecule has 0 spiro atoms. The number of hydrogen-bond acceptors (Lipinski definition) is 5. The molecule has 1 aromatic rings. The molecule has 17 heavy (non-hydrogen) atoms. The lowest BCUT2D eigenvalue weighted by Crippen LogP contribution is -2.08. The zero-order chi connectivity index (χ0) is 12.8. The van der Waals surface area contributed by atoms with Crippen molar-refractivity contribution in [1.29, 1.82) is 0 Å². The van der Waals surface area contributed by atoms with Gasteiger partial charge in [-0.05, 0) is 12.1 Å². The smallest absolute Gasteiger partial charge is 0.338 e. The zero-order valence-electron chi connectivity index (χ0n) is 9.74. The number of nitrogens with two attached hydrogens (primary N) is 1. The maximum Gasteiger partial charge on any atom is 0.338 e. The highest BCUT2D eigenvalue weighted by Crippen LogP contribution is 2.31. The predicted octanol–water partition coefficient (Wildman–Crippen LogP) is 1.11. The molecule has 0 heterocycles. The van der Waals surface area contributed by atoms with Crippen molar-refractivity contribution in [2.75, 3.05) is 31.8 Å². The fourth-order valence-corrected chi connectivity index (χ4v) is 1.32. The van der Waals surface area contributed by atoms with Crippen molar-refractivity contribution in [2.45, 2.75) is 0 Å². The van der Waals surface area contributed by atoms with Gasteiger partial charge in [-0.1, -0.05) is 5.92 Å². The molecular weight excluding hydrogens is 220 g/mol. The van der Waals surface area contributed by atoms with Crippen molar-refractivity contribution in [1.82, 2.24) is 0 Å². The second kappa shape index (κ2) is 5.66. The molecule has 0 aromatic heterocycles. The van der Waals surface area contributed by atoms with E-state index in [4.69, 9.17) is 16.9 Å². The number of carbonyl (C=O) groups is 1. The summed E-state index contributed by atoms with van der Waals surface area (Å²) in [6.45, 7) is 0.304. The van der Waals surface area contributed by atoms with E-state index in [-0.39, 0.29) is 0 Å². The van der Waals surface area contributed by atoms with E-state index < -0.39 is 5.97 Å². The third-order valence-corrected chi connectivity index (χ3v) is 2.16. The van der Waals surface area contributed by atoms with E-state index in [9.17, 15) is 4.79 Å². The minimum atomic E-state index is -0.466. The van der Waals surface area contributed by atoms with Crippen LogP contribution in [0.1, 0.15) is 10.4 Å². The second-order valence-electron chi connectivity index (χ2n) is 3.19. The van der Waals surface area contributed by atoms with Gasteiger partial charge in [0.05, 0.1) is 37.7 Å². The molecule has 0 aliphatic heterocycles. The lowest BCUT2D eigenvalue weighted by molar-refractivity contribution is 0.0600. The van der Waals surface area contributed by atoms with Crippen LogP contribution in [0.3, 0.4) is 0 Å². The van der Waals surface area contributed by atoms with Crippen LogP contribution in [0.25, 0.3) is 0 Å². The van der Waals surface area contributed by atoms with E-state index in [0.717, 1.165) is 0 Å². The molecule has 5 nitrogen and oxygen atoms in total. The predicted molar refractivity (Wildman–Crippen MR) is 66.1 cm³/mol. The van der Waals surface area contributed by atoms with E-state index in [1.807, 2.05) is 0 Å². The maximum absolute atomic E-state index is 11.4. The minimum absolute atomic E-state index is 0.304. The normalized spacial score (nSPS) is 9.24. The Bertz CT molecular complexity index is 464. The standard InChI is InChI=1S/C12H14N2O3/c1-4-5-14-9-6-8(12(15)17-3)7-10(16-2)11(9)13/h1,6-7,14H,5,13H2,2-3H3. The first-order valence-corrected chi connectivity index (χ1v) is 4.87. The Hall–Kier alpha value is -2.35. The van der Waals surface area contributed by atoms with Crippen LogP contribution >= 0.6 is 0 Å². The van der Waals surface area contributed by atoms with Crippen LogP contribution in [0.5, 0.6) is 5.75 Å². The van der Waals surface area contributed by atoms with Crippen molar-refractivity contribution in [3.05, 3.63) is 17.7 Å². The molecule has 90 valence electrons. The Morgan fingerprint density at radius 1 is 1.53 bits per heavy atom. The molecule has 0 aliphatic rings. The van der Waals surface area contributed by atoms with Gasteiger partial charge in [0.25, 0.3) is 0 Å². The number of nitrogen functional groups attached to an aromatic ring is 1. The van der Waals surface area contributed by atoms with E-state index in [1.165, 1.54) is 20.3 Å². The highest BCUT2D eigenvalue weighted by molar-refractivity contribution is 5.93. The number of ether oxygens (including phenoxy) is 2. The van der Waals surface area contributed by atoms with Crippen molar-refractivity contribution < 1.29 is 14.3 Å². The number of carbonyl (C=O) groups excluding carboxylic acids is 1. The third kappa shape index (κ3) is 2.82. The van der Waals surface area contributed by atoms with Gasteiger partial charge < -0.3 is 20.5 Å². The molecule has 1 aromatic carbocycles. The Morgan fingerprint density at radius 2 is 2.24 bits per heavy atom. The molecule has 0 saturated carbocycles. The zero-order valence-corrected chi connectivity index (χ0v) is 9.74. The topological polar surface area (TPSA) is 73.6 Å². The van der Waals surface area contributed by atoms with Crippen molar-refractivity contribution >= 4 is 17.3 Å². The Balaban J connectivity index is 3.19. The molecule has 0 atom stereocenters. The van der Waals surface area contributed by atoms with Crippen LogP contribution in [-0.4, -0.2) is 26.7 Å². The average molecular weight is 234 g/mol. The van der Waals surface area contributed by atoms with Crippen LogP contribution in [0.15, 0.2) is 12.1 Å². The van der Waals surface area contributed by atoms with Gasteiger partial charge in [-0.2, -0.15) is 0 Å². The fraction of sp³-hybridized carbons (Fsp3) is 0.250. The molecule has 1 rings (SSSR count). The lowest BCUT2D eigenvalue weighted by atomic mass is 10.1. The van der Waals surface area contributed by atoms with Crippen molar-refractivity contribution in [3.63, 3.8) is 0 Å². The van der Waals surface area contributed by atoms with Crippen LogP contribution in [0.2, 0.25) is 0 Å². The molecular formula is C12H14N2O3. The largest absolute Gasteiger partial charge is 0.494 e. The molecule has 0 aliphatic carbocycles. The van der Waals surface area contributed by atoms with Gasteiger partial charge in [0.1, 0.15) is 5.75 Å². The molecule has 0 amide bonds. The van der Waals surface area contributed by atoms with Crippen LogP contribution in [0, 0.1) is 12.3 Å². The van der Waals surface area contributed by atoms with Crippen molar-refractivity contribution in [2.24, 2.45) is 0 Å². The summed E-state index contributed by atoms with van der Waals surface area (Å²) in [6, 6.07) is 3.09. The molecule has 0 radical (unpaired) electrons.